The van der Waals surface area contributed by atoms with E-state index < -0.39 is 104 Å². The smallest absolute Gasteiger partial charge is 0.258 e. The van der Waals surface area contributed by atoms with Crippen LogP contribution in [0.3, 0.4) is 0 Å². The van der Waals surface area contributed by atoms with Gasteiger partial charge in [0.2, 0.25) is 5.82 Å². The normalized spacial score (nSPS) is 32.7. The zero-order valence-electron chi connectivity index (χ0n) is 20.2. The Bertz CT molecular complexity index is 1630. The summed E-state index contributed by atoms with van der Waals surface area (Å²) in [6.07, 6.45) is 0.596. The Morgan fingerprint density at radius 1 is 0.829 bits per heavy atom. The maximum atomic E-state index is 14.9. The van der Waals surface area contributed by atoms with Gasteiger partial charge in [0, 0.05) is 11.5 Å². The summed E-state index contributed by atoms with van der Waals surface area (Å²) in [5.74, 6) is -23.3. The molecule has 4 aliphatic rings. The minimum atomic E-state index is -2.73. The number of benzene rings is 2. The fraction of sp³-hybridized carbons (Fsp3) is 0.308. The van der Waals surface area contributed by atoms with Crippen molar-refractivity contribution >= 4 is 52.5 Å². The number of carbonyl (C=O) groups excluding carboxylic acids is 4. The molecule has 4 amide bonds. The molecule has 2 saturated heterocycles. The second-order valence-corrected chi connectivity index (χ2v) is 11.5. The number of halogens is 7. The van der Waals surface area contributed by atoms with E-state index in [2.05, 4.69) is 0 Å². The van der Waals surface area contributed by atoms with Crippen LogP contribution >= 0.6 is 23.2 Å². The molecule has 41 heavy (non-hydrogen) atoms. The lowest BCUT2D eigenvalue weighted by Gasteiger charge is -2.50. The Morgan fingerprint density at radius 2 is 1.41 bits per heavy atom. The first-order chi connectivity index (χ1) is 19.2. The Labute approximate surface area is 236 Å². The summed E-state index contributed by atoms with van der Waals surface area (Å²) in [6.45, 7) is 0. The van der Waals surface area contributed by atoms with Crippen LogP contribution in [0.25, 0.3) is 0 Å². The highest BCUT2D eigenvalue weighted by Gasteiger charge is 2.77. The van der Waals surface area contributed by atoms with Gasteiger partial charge in [0.05, 0.1) is 11.8 Å². The molecule has 15 heteroatoms. The highest BCUT2D eigenvalue weighted by Crippen LogP contribution is 2.66. The zero-order chi connectivity index (χ0) is 29.9. The molecule has 6 atom stereocenters. The van der Waals surface area contributed by atoms with Crippen LogP contribution in [0.4, 0.5) is 27.6 Å². The molecule has 8 nitrogen and oxygen atoms in total. The summed E-state index contributed by atoms with van der Waals surface area (Å²) in [6, 6.07) is 5.33. The average molecular weight is 617 g/mol. The molecule has 0 spiro atoms. The fourth-order valence-corrected chi connectivity index (χ4v) is 7.55. The number of anilines is 1. The number of phenolic OH excluding ortho intramolecular Hbond substituents is 1. The first-order valence-corrected chi connectivity index (χ1v) is 12.8. The number of phenols is 1. The molecule has 0 unspecified atom stereocenters. The predicted molar refractivity (Wildman–Crippen MR) is 128 cm³/mol. The highest BCUT2D eigenvalue weighted by molar-refractivity contribution is 6.58. The third-order valence-corrected chi connectivity index (χ3v) is 9.86. The summed E-state index contributed by atoms with van der Waals surface area (Å²) in [7, 11) is 0. The number of hydrogen-bond donors (Lipinski definition) is 2. The Kier molecular flexibility index (Phi) is 5.88. The van der Waals surface area contributed by atoms with Gasteiger partial charge in [-0.15, -0.1) is 23.2 Å². The minimum Gasteiger partial charge on any atom is -0.508 e. The van der Waals surface area contributed by atoms with E-state index in [-0.39, 0.29) is 27.5 Å². The van der Waals surface area contributed by atoms with Crippen LogP contribution in [0.15, 0.2) is 35.9 Å². The summed E-state index contributed by atoms with van der Waals surface area (Å²) in [5, 5.41) is 20.7. The molecule has 2 aromatic rings. The van der Waals surface area contributed by atoms with Gasteiger partial charge >= 0.3 is 0 Å². The van der Waals surface area contributed by atoms with Gasteiger partial charge in [-0.25, -0.2) is 26.9 Å². The number of imide groups is 2. The largest absolute Gasteiger partial charge is 0.508 e. The quantitative estimate of drug-likeness (QED) is 0.100. The number of para-hydroxylation sites is 1. The number of nitrogens with zero attached hydrogens (tertiary/aromatic N) is 2. The molecule has 0 bridgehead atoms. The van der Waals surface area contributed by atoms with Crippen molar-refractivity contribution < 1.29 is 51.4 Å². The Hall–Kier alpha value is -3.55. The van der Waals surface area contributed by atoms with E-state index in [1.165, 1.54) is 30.3 Å². The second kappa shape index (κ2) is 8.73. The monoisotopic (exact) mass is 616 g/mol. The van der Waals surface area contributed by atoms with E-state index in [4.69, 9.17) is 23.2 Å². The average Bonchev–Trinajstić information content (AvgIpc) is 3.25. The summed E-state index contributed by atoms with van der Waals surface area (Å²) in [4.78, 5) is 47.6. The zero-order valence-corrected chi connectivity index (χ0v) is 21.7. The molecule has 6 rings (SSSR count). The number of rotatable bonds is 2. The number of hydrogen-bond acceptors (Lipinski definition) is 6. The molecular formula is C26H15Cl2F5N2O6. The van der Waals surface area contributed by atoms with Gasteiger partial charge in [-0.05, 0) is 24.8 Å². The van der Waals surface area contributed by atoms with Gasteiger partial charge in [0.1, 0.15) is 11.4 Å². The van der Waals surface area contributed by atoms with Gasteiger partial charge in [-0.3, -0.25) is 24.4 Å². The highest BCUT2D eigenvalue weighted by atomic mass is 35.5. The maximum Gasteiger partial charge on any atom is 0.258 e. The Balaban J connectivity index is 1.62. The molecule has 1 saturated carbocycles. The lowest BCUT2D eigenvalue weighted by molar-refractivity contribution is -0.173. The van der Waals surface area contributed by atoms with Crippen LogP contribution in [0.1, 0.15) is 24.3 Å². The van der Waals surface area contributed by atoms with E-state index in [0.717, 1.165) is 0 Å². The van der Waals surface area contributed by atoms with Crippen molar-refractivity contribution in [1.82, 2.24) is 5.06 Å². The van der Waals surface area contributed by atoms with E-state index in [1.807, 2.05) is 0 Å². The molecule has 3 fully saturated rings. The topological polar surface area (TPSA) is 115 Å². The lowest BCUT2D eigenvalue weighted by Crippen LogP contribution is -2.60. The minimum absolute atomic E-state index is 0.0761. The van der Waals surface area contributed by atoms with Gasteiger partial charge in [0.25, 0.3) is 23.6 Å². The van der Waals surface area contributed by atoms with Gasteiger partial charge in [-0.2, -0.15) is 5.06 Å². The van der Waals surface area contributed by atoms with Crippen LogP contribution < -0.4 is 4.90 Å². The van der Waals surface area contributed by atoms with Gasteiger partial charge < -0.3 is 5.11 Å². The maximum absolute atomic E-state index is 14.9. The van der Waals surface area contributed by atoms with Gasteiger partial charge in [-0.1, -0.05) is 29.8 Å². The van der Waals surface area contributed by atoms with Crippen LogP contribution in [0.2, 0.25) is 0 Å². The number of fused-ring (bicyclic) bond motifs is 4. The van der Waals surface area contributed by atoms with Crippen molar-refractivity contribution in [2.75, 3.05) is 4.90 Å². The molecule has 2 heterocycles. The van der Waals surface area contributed by atoms with E-state index in [1.54, 1.807) is 0 Å². The van der Waals surface area contributed by atoms with Crippen LogP contribution in [0.5, 0.6) is 5.75 Å². The number of hydroxylamine groups is 2. The van der Waals surface area contributed by atoms with Crippen molar-refractivity contribution in [3.05, 3.63) is 70.6 Å². The van der Waals surface area contributed by atoms with E-state index in [9.17, 15) is 51.4 Å². The molecule has 0 aromatic heterocycles. The number of amides is 4. The first-order valence-electron chi connectivity index (χ1n) is 12.0. The van der Waals surface area contributed by atoms with Gasteiger partial charge in [0.15, 0.2) is 33.0 Å². The van der Waals surface area contributed by atoms with Crippen LogP contribution in [0, 0.1) is 46.8 Å². The SMILES string of the molecule is O=C1[C@H]2[C@H](CC=C3[C@H]2C[C@@]2(Cl)C(=O)N(c4c(F)c(F)c(F)c(F)c4F)C(=O)[C@@]2(Cl)[C@H]3c2ccccc2O)C(=O)N1O. The Morgan fingerprint density at radius 3 is 2.02 bits per heavy atom. The van der Waals surface area contributed by atoms with Crippen LogP contribution in [-0.2, 0) is 19.2 Å². The first kappa shape index (κ1) is 27.6. The molecule has 0 radical (unpaired) electrons. The second-order valence-electron chi connectivity index (χ2n) is 10.2. The van der Waals surface area contributed by atoms with Crippen LogP contribution in [-0.4, -0.2) is 48.8 Å². The molecular weight excluding hydrogens is 602 g/mol. The lowest BCUT2D eigenvalue weighted by atomic mass is 9.56. The van der Waals surface area contributed by atoms with Crippen molar-refractivity contribution in [2.45, 2.75) is 28.5 Å². The van der Waals surface area contributed by atoms with Crippen molar-refractivity contribution in [3.8, 4) is 5.75 Å². The summed E-state index contributed by atoms with van der Waals surface area (Å²) in [5.41, 5.74) is -1.86. The molecule has 214 valence electrons. The molecule has 2 N–H and O–H groups in total. The number of aromatic hydroxyl groups is 1. The number of allylic oxidation sites excluding steroid dienone is 2. The molecule has 2 aromatic carbocycles. The summed E-state index contributed by atoms with van der Waals surface area (Å²) >= 11 is 13.7. The third kappa shape index (κ3) is 3.19. The number of carbonyl (C=O) groups is 4. The number of alkyl halides is 2. The van der Waals surface area contributed by atoms with Crippen molar-refractivity contribution in [1.29, 1.82) is 0 Å². The van der Waals surface area contributed by atoms with Crippen molar-refractivity contribution in [3.63, 3.8) is 0 Å². The standard InChI is InChI=1S/C26H15Cl2F5N2O6/c27-25-7-11-8(5-6-10-13(11)22(38)35(41)21(10)37)14(9-3-1-2-4-12(9)36)26(25,28)24(40)34(23(25)39)20-18(32)16(30)15(29)17(31)19(20)33/h1-5,10-11,13-14,36,41H,6-7H2/t10-,11+,13-,14+,25+,26-/m0/s1. The molecule has 2 aliphatic carbocycles. The summed E-state index contributed by atoms with van der Waals surface area (Å²) < 4.78 is 71.9. The van der Waals surface area contributed by atoms with E-state index >= 15 is 0 Å². The predicted octanol–water partition coefficient (Wildman–Crippen LogP) is 4.04. The fourth-order valence-electron chi connectivity index (χ4n) is 6.63. The van der Waals surface area contributed by atoms with E-state index in [0.29, 0.717) is 0 Å². The third-order valence-electron chi connectivity index (χ3n) is 8.45. The van der Waals surface area contributed by atoms with Crippen molar-refractivity contribution in [2.24, 2.45) is 17.8 Å². The molecule has 2 aliphatic heterocycles.